The van der Waals surface area contributed by atoms with Crippen LogP contribution in [0, 0.1) is 5.82 Å². The van der Waals surface area contributed by atoms with Crippen LogP contribution in [-0.4, -0.2) is 46.7 Å². The van der Waals surface area contributed by atoms with Crippen molar-refractivity contribution in [1.82, 2.24) is 15.1 Å². The number of carbonyl (C=O) groups is 3. The van der Waals surface area contributed by atoms with Gasteiger partial charge in [-0.2, -0.15) is 13.2 Å². The number of piperidine rings is 2. The van der Waals surface area contributed by atoms with Crippen LogP contribution in [0.5, 0.6) is 0 Å². The lowest BCUT2D eigenvalue weighted by Crippen LogP contribution is -2.52. The van der Waals surface area contributed by atoms with Gasteiger partial charge < -0.3 is 4.90 Å². The van der Waals surface area contributed by atoms with Crippen molar-refractivity contribution in [2.75, 3.05) is 13.1 Å². The highest BCUT2D eigenvalue weighted by molar-refractivity contribution is 6.30. The number of nitrogens with zero attached hydrogens (tertiary/aromatic N) is 2. The lowest BCUT2D eigenvalue weighted by molar-refractivity contribution is -0.139. The minimum atomic E-state index is -4.51. The van der Waals surface area contributed by atoms with E-state index in [-0.39, 0.29) is 53.9 Å². The lowest BCUT2D eigenvalue weighted by Gasteiger charge is -2.33. The molecule has 0 bridgehead atoms. The van der Waals surface area contributed by atoms with E-state index in [0.29, 0.717) is 37.1 Å². The smallest absolute Gasteiger partial charge is 0.322 e. The number of amides is 3. The predicted octanol–water partition coefficient (Wildman–Crippen LogP) is 4.64. The number of carbonyl (C=O) groups excluding carboxylic acids is 3. The van der Waals surface area contributed by atoms with Gasteiger partial charge in [-0.3, -0.25) is 24.6 Å². The molecule has 37 heavy (non-hydrogen) atoms. The number of rotatable bonds is 4. The molecule has 3 amide bonds. The van der Waals surface area contributed by atoms with Crippen LogP contribution in [0.4, 0.5) is 17.6 Å². The van der Waals surface area contributed by atoms with Crippen LogP contribution < -0.4 is 5.32 Å². The van der Waals surface area contributed by atoms with E-state index >= 15 is 4.39 Å². The second-order valence-corrected chi connectivity index (χ2v) is 10.2. The van der Waals surface area contributed by atoms with Gasteiger partial charge in [0, 0.05) is 30.1 Å². The van der Waals surface area contributed by atoms with E-state index in [1.807, 2.05) is 4.90 Å². The Balaban J connectivity index is 1.27. The van der Waals surface area contributed by atoms with E-state index in [9.17, 15) is 27.6 Å². The summed E-state index contributed by atoms with van der Waals surface area (Å²) in [6, 6.07) is 5.88. The number of hydrogen-bond acceptors (Lipinski definition) is 4. The highest BCUT2D eigenvalue weighted by atomic mass is 35.5. The molecule has 1 atom stereocenters. The quantitative estimate of drug-likeness (QED) is 0.456. The number of halogens is 5. The van der Waals surface area contributed by atoms with Gasteiger partial charge in [-0.15, -0.1) is 0 Å². The third-order valence-corrected chi connectivity index (χ3v) is 7.67. The first-order chi connectivity index (χ1) is 17.5. The van der Waals surface area contributed by atoms with Crippen molar-refractivity contribution < 1.29 is 31.9 Å². The van der Waals surface area contributed by atoms with Crippen molar-refractivity contribution in [2.24, 2.45) is 0 Å². The fourth-order valence-electron chi connectivity index (χ4n) is 5.51. The fraction of sp³-hybridized carbons (Fsp3) is 0.423. The van der Waals surface area contributed by atoms with Gasteiger partial charge in [-0.1, -0.05) is 23.7 Å². The summed E-state index contributed by atoms with van der Waals surface area (Å²) in [5.41, 5.74) is 0.706. The van der Waals surface area contributed by atoms with E-state index in [1.54, 1.807) is 6.07 Å². The molecular formula is C26H24ClF4N3O3. The van der Waals surface area contributed by atoms with Crippen molar-refractivity contribution in [3.8, 4) is 0 Å². The molecule has 11 heteroatoms. The Morgan fingerprint density at radius 2 is 1.76 bits per heavy atom. The van der Waals surface area contributed by atoms with Gasteiger partial charge in [0.1, 0.15) is 11.9 Å². The maximum Gasteiger partial charge on any atom is 0.416 e. The molecule has 0 saturated carbocycles. The number of imide groups is 1. The number of alkyl halides is 3. The van der Waals surface area contributed by atoms with Crippen LogP contribution in [0.3, 0.4) is 0 Å². The Labute approximate surface area is 215 Å². The molecule has 2 aromatic rings. The van der Waals surface area contributed by atoms with Crippen molar-refractivity contribution in [1.29, 1.82) is 0 Å². The van der Waals surface area contributed by atoms with Crippen LogP contribution in [0.1, 0.15) is 64.2 Å². The largest absolute Gasteiger partial charge is 0.416 e. The van der Waals surface area contributed by atoms with Crippen molar-refractivity contribution in [2.45, 2.75) is 56.9 Å². The second kappa shape index (κ2) is 9.72. The Bertz CT molecular complexity index is 1270. The van der Waals surface area contributed by atoms with Gasteiger partial charge >= 0.3 is 6.18 Å². The molecule has 2 aromatic carbocycles. The highest BCUT2D eigenvalue weighted by Gasteiger charge is 2.40. The van der Waals surface area contributed by atoms with E-state index in [2.05, 4.69) is 5.32 Å². The van der Waals surface area contributed by atoms with Crippen molar-refractivity contribution in [3.63, 3.8) is 0 Å². The van der Waals surface area contributed by atoms with Crippen LogP contribution in [-0.2, 0) is 28.9 Å². The van der Waals surface area contributed by atoms with E-state index in [1.165, 1.54) is 23.1 Å². The first kappa shape index (κ1) is 25.7. The fourth-order valence-corrected chi connectivity index (χ4v) is 5.69. The van der Waals surface area contributed by atoms with Gasteiger partial charge in [0.25, 0.3) is 5.91 Å². The SMILES string of the molecule is O=C1CCC(N2Cc3cc(C4CCN(Cc5ccc(Cl)cc5C(F)(F)F)CC4)c(F)cc3C2=O)C(=O)N1. The molecule has 0 aromatic heterocycles. The molecule has 196 valence electrons. The van der Waals surface area contributed by atoms with Crippen LogP contribution in [0.2, 0.25) is 5.02 Å². The van der Waals surface area contributed by atoms with Gasteiger partial charge in [0.05, 0.1) is 5.56 Å². The van der Waals surface area contributed by atoms with Gasteiger partial charge in [-0.25, -0.2) is 4.39 Å². The molecule has 3 aliphatic heterocycles. The topological polar surface area (TPSA) is 69.7 Å². The van der Waals surface area contributed by atoms with E-state index in [4.69, 9.17) is 11.6 Å². The molecular weight excluding hydrogens is 514 g/mol. The van der Waals surface area contributed by atoms with E-state index < -0.39 is 35.4 Å². The zero-order valence-electron chi connectivity index (χ0n) is 19.7. The molecule has 3 aliphatic rings. The number of likely N-dealkylation sites (tertiary alicyclic amines) is 1. The average Bonchev–Trinajstić information content (AvgIpc) is 3.15. The Morgan fingerprint density at radius 1 is 1.03 bits per heavy atom. The molecule has 5 rings (SSSR count). The van der Waals surface area contributed by atoms with Crippen LogP contribution >= 0.6 is 11.6 Å². The molecule has 6 nitrogen and oxygen atoms in total. The molecule has 0 aliphatic carbocycles. The maximum absolute atomic E-state index is 15.1. The summed E-state index contributed by atoms with van der Waals surface area (Å²) in [5.74, 6) is -2.00. The minimum absolute atomic E-state index is 0.0246. The Morgan fingerprint density at radius 3 is 2.43 bits per heavy atom. The summed E-state index contributed by atoms with van der Waals surface area (Å²) in [6.07, 6.45) is -3.05. The van der Waals surface area contributed by atoms with Crippen molar-refractivity contribution in [3.05, 3.63) is 69.0 Å². The summed E-state index contributed by atoms with van der Waals surface area (Å²) in [6.45, 7) is 1.25. The molecule has 2 fully saturated rings. The summed E-state index contributed by atoms with van der Waals surface area (Å²) in [4.78, 5) is 39.9. The number of nitrogens with one attached hydrogen (secondary N) is 1. The average molecular weight is 538 g/mol. The zero-order valence-corrected chi connectivity index (χ0v) is 20.5. The normalized spacial score (nSPS) is 21.4. The molecule has 0 spiro atoms. The minimum Gasteiger partial charge on any atom is -0.322 e. The number of hydrogen-bond donors (Lipinski definition) is 1. The predicted molar refractivity (Wildman–Crippen MR) is 126 cm³/mol. The highest BCUT2D eigenvalue weighted by Crippen LogP contribution is 2.37. The third-order valence-electron chi connectivity index (χ3n) is 7.44. The third kappa shape index (κ3) is 5.09. The monoisotopic (exact) mass is 537 g/mol. The summed E-state index contributed by atoms with van der Waals surface area (Å²) in [5, 5.41) is 2.27. The molecule has 3 heterocycles. The summed E-state index contributed by atoms with van der Waals surface area (Å²) in [7, 11) is 0. The molecule has 0 radical (unpaired) electrons. The van der Waals surface area contributed by atoms with Gasteiger partial charge in [0.2, 0.25) is 11.8 Å². The second-order valence-electron chi connectivity index (χ2n) is 9.78. The first-order valence-corrected chi connectivity index (χ1v) is 12.4. The Kier molecular flexibility index (Phi) is 6.74. The first-order valence-electron chi connectivity index (χ1n) is 12.1. The van der Waals surface area contributed by atoms with Crippen LogP contribution in [0.15, 0.2) is 30.3 Å². The summed E-state index contributed by atoms with van der Waals surface area (Å²) >= 11 is 5.78. The van der Waals surface area contributed by atoms with Gasteiger partial charge in [-0.05, 0) is 73.2 Å². The molecule has 1 unspecified atom stereocenters. The lowest BCUT2D eigenvalue weighted by atomic mass is 9.87. The number of benzene rings is 2. The van der Waals surface area contributed by atoms with Crippen molar-refractivity contribution >= 4 is 29.3 Å². The zero-order chi connectivity index (χ0) is 26.5. The standard InChI is InChI=1S/C26H24ClF4N3O3/c27-17-2-1-15(20(10-17)26(29,30)31)12-33-7-5-14(6-8-33)18-9-16-13-34(25(37)19(16)11-21(18)28)22-3-4-23(35)32-24(22)36/h1-2,9-11,14,22H,3-8,12-13H2,(H,32,35,36). The van der Waals surface area contributed by atoms with Crippen LogP contribution in [0.25, 0.3) is 0 Å². The van der Waals surface area contributed by atoms with E-state index in [0.717, 1.165) is 6.07 Å². The Hall–Kier alpha value is -2.98. The molecule has 1 N–H and O–H groups in total. The summed E-state index contributed by atoms with van der Waals surface area (Å²) < 4.78 is 55.5. The number of fused-ring (bicyclic) bond motifs is 1. The van der Waals surface area contributed by atoms with Gasteiger partial charge in [0.15, 0.2) is 0 Å². The molecule has 2 saturated heterocycles. The maximum atomic E-state index is 15.1.